The number of nitrogens with zero attached hydrogens (tertiary/aromatic N) is 6. The number of H-pyrrole nitrogens is 1. The summed E-state index contributed by atoms with van der Waals surface area (Å²) < 4.78 is 99.8. The Morgan fingerprint density at radius 3 is 2.53 bits per heavy atom. The van der Waals surface area contributed by atoms with E-state index in [2.05, 4.69) is 30.9 Å². The molecule has 2 aromatic heterocycles. The van der Waals surface area contributed by atoms with Crippen LogP contribution in [0.1, 0.15) is 91.9 Å². The van der Waals surface area contributed by atoms with Crippen molar-refractivity contribution in [2.45, 2.75) is 113 Å². The molecule has 3 N–H and O–H groups in total. The molecular formula is C62H69F2N9O11S. The van der Waals surface area contributed by atoms with Crippen LogP contribution in [0.2, 0.25) is 0 Å². The van der Waals surface area contributed by atoms with Crippen LogP contribution in [-0.2, 0) is 37.3 Å². The molecule has 0 unspecified atom stereocenters. The van der Waals surface area contributed by atoms with E-state index >= 15 is 8.78 Å². The van der Waals surface area contributed by atoms with Crippen molar-refractivity contribution in [2.24, 2.45) is 11.3 Å². The lowest BCUT2D eigenvalue weighted by Gasteiger charge is -2.58. The summed E-state index contributed by atoms with van der Waals surface area (Å²) in [6.07, 6.45) is 7.41. The highest BCUT2D eigenvalue weighted by molar-refractivity contribution is 7.90. The number of amides is 1. The molecule has 23 heteroatoms. The Labute approximate surface area is 491 Å². The number of piperidine rings is 1. The van der Waals surface area contributed by atoms with Crippen LogP contribution in [0.3, 0.4) is 0 Å². The SMILES string of the molecule is CC(C)Oc1ccccc1[C@@H]1CN(c2c(F)cc3c(c2F)COCC3)CCN1C1CC2(CCN(c3ccc(C(=O)NS(=O)(=O)c4cc5c(c([N+](=O)[O-])c4)N[C@H](C4CCOCC4)CO5)c(N4c5cc6cc[nH]c6nc5O[C@H]5COCC[C@@H]54)c3)CC2)C1. The first-order valence-electron chi connectivity index (χ1n) is 29.8. The van der Waals surface area contributed by atoms with Gasteiger partial charge in [0.05, 0.1) is 65.1 Å². The van der Waals surface area contributed by atoms with Crippen molar-refractivity contribution in [1.29, 1.82) is 0 Å². The van der Waals surface area contributed by atoms with Gasteiger partial charge in [0.1, 0.15) is 41.3 Å². The predicted octanol–water partition coefficient (Wildman–Crippen LogP) is 9.33. The van der Waals surface area contributed by atoms with Crippen molar-refractivity contribution < 1.29 is 55.3 Å². The molecule has 4 aromatic carbocycles. The quantitative estimate of drug-likeness (QED) is 0.0768. The molecule has 85 heavy (non-hydrogen) atoms. The van der Waals surface area contributed by atoms with Gasteiger partial charge in [-0.3, -0.25) is 19.8 Å². The maximum atomic E-state index is 16.4. The number of nitro groups is 1. The number of para-hydroxylation sites is 1. The normalized spacial score (nSPS) is 23.4. The number of carbonyl (C=O) groups is 1. The third kappa shape index (κ3) is 10.3. The smallest absolute Gasteiger partial charge is 0.297 e. The molecule has 5 fully saturated rings. The topological polar surface area (TPSA) is 215 Å². The summed E-state index contributed by atoms with van der Waals surface area (Å²) in [6.45, 7) is 9.39. The molecule has 4 atom stereocenters. The Morgan fingerprint density at radius 1 is 0.906 bits per heavy atom. The molecule has 4 saturated heterocycles. The Kier molecular flexibility index (Phi) is 14.5. The second-order valence-corrected chi connectivity index (χ2v) is 26.0. The van der Waals surface area contributed by atoms with Crippen LogP contribution in [0.25, 0.3) is 11.0 Å². The zero-order valence-corrected chi connectivity index (χ0v) is 48.3. The fourth-order valence-electron chi connectivity index (χ4n) is 14.6. The monoisotopic (exact) mass is 1190 g/mol. The van der Waals surface area contributed by atoms with Crippen LogP contribution < -0.4 is 38.9 Å². The van der Waals surface area contributed by atoms with E-state index in [1.807, 2.05) is 66.1 Å². The molecule has 0 radical (unpaired) electrons. The van der Waals surface area contributed by atoms with Gasteiger partial charge in [0, 0.05) is 99.1 Å². The molecule has 20 nitrogen and oxygen atoms in total. The standard InChI is InChI=1S/C62H69F2N9O11S/c1-36(2)83-53-6-4-3-5-43(53)52-32-70(58-46(63)25-38-12-23-80-33-45(38)56(58)64)19-20-71(52)41-30-62(31-41)14-17-69(18-15-62)40-7-8-44(49(27-40)72-48-13-24-81-35-55(48)84-61-51(72)26-39-9-16-65-59(39)67-61)60(74)68-85(77,78)42-28-50(73(75)76)57-54(29-42)82-34-47(66-57)37-10-21-79-22-11-37/h3-9,16,25-29,36-37,41,47-48,52,55,66H,10-15,17-24,30-35H2,1-2H3,(H,65,67)(H,68,74)/t47-,48-,52-,55-/m0/s1. The lowest BCUT2D eigenvalue weighted by atomic mass is 9.59. The lowest BCUT2D eigenvalue weighted by Crippen LogP contribution is -2.60. The summed E-state index contributed by atoms with van der Waals surface area (Å²) in [5.41, 5.74) is 4.28. The molecule has 448 valence electrons. The second-order valence-electron chi connectivity index (χ2n) is 24.3. The first-order valence-corrected chi connectivity index (χ1v) is 31.3. The number of pyridine rings is 1. The number of nitro benzene ring substituents is 1. The van der Waals surface area contributed by atoms with E-state index in [4.69, 9.17) is 33.4 Å². The summed E-state index contributed by atoms with van der Waals surface area (Å²) in [7, 11) is -4.75. The van der Waals surface area contributed by atoms with Crippen LogP contribution in [0.4, 0.5) is 42.9 Å². The molecule has 1 spiro atoms. The number of halogens is 2. The molecule has 7 aliphatic heterocycles. The van der Waals surface area contributed by atoms with Crippen LogP contribution in [-0.4, -0.2) is 137 Å². The summed E-state index contributed by atoms with van der Waals surface area (Å²) in [4.78, 5) is 43.2. The number of benzene rings is 4. The molecule has 0 bridgehead atoms. The average molecular weight is 1190 g/mol. The molecule has 6 aromatic rings. The van der Waals surface area contributed by atoms with Crippen LogP contribution in [0.15, 0.2) is 83.9 Å². The third-order valence-corrected chi connectivity index (χ3v) is 20.3. The summed E-state index contributed by atoms with van der Waals surface area (Å²) in [5.74, 6) is -0.788. The van der Waals surface area contributed by atoms with Crippen molar-refractivity contribution in [1.82, 2.24) is 19.6 Å². The Morgan fingerprint density at radius 2 is 1.72 bits per heavy atom. The van der Waals surface area contributed by atoms with E-state index < -0.39 is 49.2 Å². The maximum absolute atomic E-state index is 16.4. The van der Waals surface area contributed by atoms with E-state index in [0.717, 1.165) is 67.0 Å². The number of piperazine rings is 1. The maximum Gasteiger partial charge on any atom is 0.297 e. The predicted molar refractivity (Wildman–Crippen MR) is 313 cm³/mol. The van der Waals surface area contributed by atoms with E-state index in [1.54, 1.807) is 12.3 Å². The number of ether oxygens (including phenoxy) is 6. The lowest BCUT2D eigenvalue weighted by molar-refractivity contribution is -0.384. The fourth-order valence-corrected chi connectivity index (χ4v) is 15.6. The Hall–Kier alpha value is -7.31. The minimum Gasteiger partial charge on any atom is -0.491 e. The van der Waals surface area contributed by atoms with Crippen molar-refractivity contribution in [3.63, 3.8) is 0 Å². The molecule has 9 heterocycles. The van der Waals surface area contributed by atoms with E-state index in [1.165, 1.54) is 12.1 Å². The second kappa shape index (κ2) is 22.2. The van der Waals surface area contributed by atoms with E-state index in [-0.39, 0.29) is 84.1 Å². The minimum atomic E-state index is -4.75. The molecule has 1 amide bonds. The highest BCUT2D eigenvalue weighted by Gasteiger charge is 2.51. The fraction of sp³-hybridized carbons (Fsp3) is 0.484. The molecule has 14 rings (SSSR count). The largest absolute Gasteiger partial charge is 0.491 e. The van der Waals surface area contributed by atoms with Crippen LogP contribution in [0.5, 0.6) is 17.4 Å². The number of carbonyl (C=O) groups excluding carboxylic acids is 1. The highest BCUT2D eigenvalue weighted by atomic mass is 32.2. The van der Waals surface area contributed by atoms with E-state index in [9.17, 15) is 23.3 Å². The Balaban J connectivity index is 0.743. The minimum absolute atomic E-state index is 0.00165. The van der Waals surface area contributed by atoms with Gasteiger partial charge in [-0.1, -0.05) is 18.2 Å². The van der Waals surface area contributed by atoms with Gasteiger partial charge in [-0.05, 0) is 125 Å². The number of sulfonamides is 1. The first-order chi connectivity index (χ1) is 41.2. The number of anilines is 5. The van der Waals surface area contributed by atoms with Gasteiger partial charge >= 0.3 is 0 Å². The van der Waals surface area contributed by atoms with Gasteiger partial charge in [-0.15, -0.1) is 0 Å². The Bertz CT molecular complexity index is 3700. The first kappa shape index (κ1) is 55.6. The van der Waals surface area contributed by atoms with Crippen molar-refractivity contribution in [2.75, 3.05) is 92.4 Å². The number of fused-ring (bicyclic) bond motifs is 5. The van der Waals surface area contributed by atoms with Crippen LogP contribution >= 0.6 is 0 Å². The molecule has 1 aliphatic carbocycles. The van der Waals surface area contributed by atoms with Gasteiger partial charge in [0.25, 0.3) is 21.6 Å². The van der Waals surface area contributed by atoms with Gasteiger partial charge in [-0.2, -0.15) is 4.98 Å². The number of rotatable bonds is 12. The zero-order valence-electron chi connectivity index (χ0n) is 47.5. The molecular weight excluding hydrogens is 1120 g/mol. The third-order valence-electron chi connectivity index (χ3n) is 19.0. The summed E-state index contributed by atoms with van der Waals surface area (Å²) in [6, 6.07) is 20.4. The van der Waals surface area contributed by atoms with Crippen molar-refractivity contribution >= 4 is 61.1 Å². The van der Waals surface area contributed by atoms with E-state index in [0.29, 0.717) is 106 Å². The van der Waals surface area contributed by atoms with Gasteiger partial charge < -0.3 is 53.4 Å². The summed E-state index contributed by atoms with van der Waals surface area (Å²) >= 11 is 0. The number of nitrogens with one attached hydrogen (secondary N) is 3. The van der Waals surface area contributed by atoms with Gasteiger partial charge in [-0.25, -0.2) is 21.9 Å². The van der Waals surface area contributed by atoms with Crippen LogP contribution in [0, 0.1) is 33.1 Å². The molecule has 1 saturated carbocycles. The number of aromatic nitrogens is 2. The summed E-state index contributed by atoms with van der Waals surface area (Å²) in [5, 5.41) is 16.7. The van der Waals surface area contributed by atoms with Crippen molar-refractivity contribution in [3.8, 4) is 17.4 Å². The molecule has 8 aliphatic rings. The number of hydrogen-bond acceptors (Lipinski definition) is 17. The average Bonchev–Trinajstić information content (AvgIpc) is 3.76. The number of aromatic amines is 1. The number of hydrogen-bond donors (Lipinski definition) is 3. The van der Waals surface area contributed by atoms with Gasteiger partial charge in [0.2, 0.25) is 5.88 Å². The van der Waals surface area contributed by atoms with Gasteiger partial charge in [0.15, 0.2) is 17.3 Å². The van der Waals surface area contributed by atoms with Crippen molar-refractivity contribution in [3.05, 3.63) is 123 Å². The zero-order chi connectivity index (χ0) is 58.3. The highest BCUT2D eigenvalue weighted by Crippen LogP contribution is 2.55.